The predicted octanol–water partition coefficient (Wildman–Crippen LogP) is 5.88. The first kappa shape index (κ1) is 23.9. The van der Waals surface area contributed by atoms with Gasteiger partial charge in [-0.2, -0.15) is 0 Å². The van der Waals surface area contributed by atoms with Crippen LogP contribution in [0.25, 0.3) is 6.08 Å². The molecule has 174 valence electrons. The summed E-state index contributed by atoms with van der Waals surface area (Å²) in [6, 6.07) is 13.6. The molecule has 0 saturated heterocycles. The molecular formula is C26H29BrN2O3S. The lowest BCUT2D eigenvalue weighted by Crippen LogP contribution is -2.49. The highest BCUT2D eigenvalue weighted by molar-refractivity contribution is 9.10. The first-order valence-electron chi connectivity index (χ1n) is 11.3. The van der Waals surface area contributed by atoms with Gasteiger partial charge in [-0.3, -0.25) is 14.5 Å². The monoisotopic (exact) mass is 528 g/mol. The molecule has 5 nitrogen and oxygen atoms in total. The summed E-state index contributed by atoms with van der Waals surface area (Å²) in [4.78, 5) is 29.6. The zero-order chi connectivity index (χ0) is 23.5. The van der Waals surface area contributed by atoms with E-state index in [1.807, 2.05) is 48.5 Å². The zero-order valence-electron chi connectivity index (χ0n) is 19.1. The van der Waals surface area contributed by atoms with Crippen LogP contribution in [0, 0.1) is 11.8 Å². The van der Waals surface area contributed by atoms with Crippen LogP contribution >= 0.6 is 27.7 Å². The number of ether oxygens (including phenoxy) is 1. The summed E-state index contributed by atoms with van der Waals surface area (Å²) < 4.78 is 6.12. The van der Waals surface area contributed by atoms with Crippen LogP contribution in [0.3, 0.4) is 0 Å². The molecule has 1 aliphatic carbocycles. The maximum absolute atomic E-state index is 13.5. The standard InChI is InChI=1S/C26H29BrN2O3S/c1-16-7-6-8-20(17(16)2)28-25(30)15-29-21-9-4-5-10-23(21)33-24(26(29)31)14-18-11-12-22(32-3)19(27)13-18/h4-5,9-14,16-17,20H,6-8,15H2,1-3H3,(H,28,30)/b24-14+/t16-,17+,20-/m1/s1. The largest absolute Gasteiger partial charge is 0.496 e. The molecule has 2 amide bonds. The lowest BCUT2D eigenvalue weighted by Gasteiger charge is -2.35. The van der Waals surface area contributed by atoms with Crippen LogP contribution < -0.4 is 15.0 Å². The quantitative estimate of drug-likeness (QED) is 0.492. The Morgan fingerprint density at radius 3 is 2.79 bits per heavy atom. The van der Waals surface area contributed by atoms with E-state index >= 15 is 0 Å². The molecule has 2 aromatic carbocycles. The molecule has 7 heteroatoms. The van der Waals surface area contributed by atoms with Gasteiger partial charge in [0.2, 0.25) is 5.91 Å². The molecule has 1 saturated carbocycles. The van der Waals surface area contributed by atoms with Crippen molar-refractivity contribution in [1.82, 2.24) is 5.32 Å². The van der Waals surface area contributed by atoms with Crippen molar-refractivity contribution in [2.24, 2.45) is 11.8 Å². The van der Waals surface area contributed by atoms with Crippen LogP contribution in [-0.2, 0) is 9.59 Å². The first-order chi connectivity index (χ1) is 15.9. The second-order valence-corrected chi connectivity index (χ2v) is 10.7. The molecule has 2 aromatic rings. The van der Waals surface area contributed by atoms with Gasteiger partial charge in [0.15, 0.2) is 0 Å². The molecule has 1 heterocycles. The van der Waals surface area contributed by atoms with Gasteiger partial charge in [-0.1, -0.05) is 56.7 Å². The summed E-state index contributed by atoms with van der Waals surface area (Å²) in [5.74, 6) is 1.49. The van der Waals surface area contributed by atoms with E-state index in [9.17, 15) is 9.59 Å². The Bertz CT molecular complexity index is 1090. The number of thioether (sulfide) groups is 1. The van der Waals surface area contributed by atoms with E-state index in [0.717, 1.165) is 39.2 Å². The van der Waals surface area contributed by atoms with Crippen molar-refractivity contribution in [3.8, 4) is 5.75 Å². The van der Waals surface area contributed by atoms with E-state index in [2.05, 4.69) is 35.1 Å². The molecule has 4 rings (SSSR count). The predicted molar refractivity (Wildman–Crippen MR) is 137 cm³/mol. The number of methoxy groups -OCH3 is 1. The third-order valence-electron chi connectivity index (χ3n) is 6.66. The van der Waals surface area contributed by atoms with Gasteiger partial charge in [-0.25, -0.2) is 0 Å². The Balaban J connectivity index is 1.57. The normalized spacial score (nSPS) is 23.9. The topological polar surface area (TPSA) is 58.6 Å². The van der Waals surface area contributed by atoms with Gasteiger partial charge in [0.25, 0.3) is 5.91 Å². The minimum absolute atomic E-state index is 0.0116. The van der Waals surface area contributed by atoms with Crippen molar-refractivity contribution < 1.29 is 14.3 Å². The maximum atomic E-state index is 13.5. The van der Waals surface area contributed by atoms with Crippen LogP contribution in [-0.4, -0.2) is 31.5 Å². The Morgan fingerprint density at radius 1 is 1.24 bits per heavy atom. The van der Waals surface area contributed by atoms with E-state index in [4.69, 9.17) is 4.74 Å². The molecule has 33 heavy (non-hydrogen) atoms. The Morgan fingerprint density at radius 2 is 2.03 bits per heavy atom. The second-order valence-electron chi connectivity index (χ2n) is 8.80. The van der Waals surface area contributed by atoms with E-state index < -0.39 is 0 Å². The SMILES string of the molecule is COc1ccc(/C=C2/Sc3ccccc3N(CC(=O)N[C@@H]3CCC[C@@H](C)[C@@H]3C)C2=O)cc1Br. The van der Waals surface area contributed by atoms with Gasteiger partial charge < -0.3 is 10.1 Å². The number of carbonyl (C=O) groups excluding carboxylic acids is 2. The number of carbonyl (C=O) groups is 2. The van der Waals surface area contributed by atoms with Crippen LogP contribution in [0.1, 0.15) is 38.7 Å². The Kier molecular flexibility index (Phi) is 7.49. The molecule has 0 aromatic heterocycles. The second kappa shape index (κ2) is 10.3. The summed E-state index contributed by atoms with van der Waals surface area (Å²) in [6.45, 7) is 4.47. The van der Waals surface area contributed by atoms with Crippen molar-refractivity contribution in [3.05, 3.63) is 57.4 Å². The van der Waals surface area contributed by atoms with E-state index in [-0.39, 0.29) is 24.4 Å². The van der Waals surface area contributed by atoms with Crippen molar-refractivity contribution in [2.75, 3.05) is 18.6 Å². The number of amides is 2. The van der Waals surface area contributed by atoms with Gasteiger partial charge in [0, 0.05) is 10.9 Å². The number of halogens is 1. The summed E-state index contributed by atoms with van der Waals surface area (Å²) in [6.07, 6.45) is 5.19. The van der Waals surface area contributed by atoms with E-state index in [1.165, 1.54) is 18.2 Å². The first-order valence-corrected chi connectivity index (χ1v) is 12.9. The number of hydrogen-bond donors (Lipinski definition) is 1. The summed E-state index contributed by atoms with van der Waals surface area (Å²) in [5.41, 5.74) is 1.66. The van der Waals surface area contributed by atoms with E-state index in [1.54, 1.807) is 12.0 Å². The number of anilines is 1. The molecule has 3 atom stereocenters. The molecule has 0 unspecified atom stereocenters. The number of nitrogens with zero attached hydrogens (tertiary/aromatic N) is 1. The Labute approximate surface area is 208 Å². The minimum atomic E-state index is -0.161. The fourth-order valence-electron chi connectivity index (χ4n) is 4.52. The molecule has 1 N–H and O–H groups in total. The fraction of sp³-hybridized carbons (Fsp3) is 0.385. The average Bonchev–Trinajstić information content (AvgIpc) is 2.80. The number of nitrogens with one attached hydrogen (secondary N) is 1. The fourth-order valence-corrected chi connectivity index (χ4v) is 6.14. The number of rotatable bonds is 5. The highest BCUT2D eigenvalue weighted by atomic mass is 79.9. The van der Waals surface area contributed by atoms with Crippen LogP contribution in [0.4, 0.5) is 5.69 Å². The van der Waals surface area contributed by atoms with E-state index in [0.29, 0.717) is 16.7 Å². The smallest absolute Gasteiger partial charge is 0.265 e. The maximum Gasteiger partial charge on any atom is 0.265 e. The summed E-state index contributed by atoms with van der Waals surface area (Å²) in [7, 11) is 1.62. The van der Waals surface area contributed by atoms with Gasteiger partial charge in [-0.15, -0.1) is 0 Å². The lowest BCUT2D eigenvalue weighted by molar-refractivity contribution is -0.123. The van der Waals surface area contributed by atoms with Crippen molar-refractivity contribution in [1.29, 1.82) is 0 Å². The van der Waals surface area contributed by atoms with Crippen LogP contribution in [0.2, 0.25) is 0 Å². The molecule has 1 aliphatic heterocycles. The van der Waals surface area contributed by atoms with Gasteiger partial charge >= 0.3 is 0 Å². The average molecular weight is 530 g/mol. The number of benzene rings is 2. The summed E-state index contributed by atoms with van der Waals surface area (Å²) in [5, 5.41) is 3.20. The van der Waals surface area contributed by atoms with Crippen molar-refractivity contribution >= 4 is 51.3 Å². The lowest BCUT2D eigenvalue weighted by atomic mass is 9.78. The summed E-state index contributed by atoms with van der Waals surface area (Å²) >= 11 is 4.94. The number of hydrogen-bond acceptors (Lipinski definition) is 4. The zero-order valence-corrected chi connectivity index (χ0v) is 21.5. The van der Waals surface area contributed by atoms with Crippen LogP contribution in [0.5, 0.6) is 5.75 Å². The number of fused-ring (bicyclic) bond motifs is 1. The highest BCUT2D eigenvalue weighted by Gasteiger charge is 2.32. The minimum Gasteiger partial charge on any atom is -0.496 e. The van der Waals surface area contributed by atoms with Crippen LogP contribution in [0.15, 0.2) is 56.7 Å². The molecule has 2 aliphatic rings. The highest BCUT2D eigenvalue weighted by Crippen LogP contribution is 2.42. The van der Waals surface area contributed by atoms with Gasteiger partial charge in [0.05, 0.1) is 22.2 Å². The molecule has 0 bridgehead atoms. The van der Waals surface area contributed by atoms with Crippen molar-refractivity contribution in [3.63, 3.8) is 0 Å². The number of para-hydroxylation sites is 1. The molecule has 0 spiro atoms. The molecular weight excluding hydrogens is 500 g/mol. The third-order valence-corrected chi connectivity index (χ3v) is 8.36. The van der Waals surface area contributed by atoms with Gasteiger partial charge in [0.1, 0.15) is 12.3 Å². The van der Waals surface area contributed by atoms with Crippen molar-refractivity contribution in [2.45, 2.75) is 44.0 Å². The van der Waals surface area contributed by atoms with Gasteiger partial charge in [-0.05, 0) is 70.1 Å². The molecule has 1 fully saturated rings. The third kappa shape index (κ3) is 5.30. The Hall–Kier alpha value is -2.25. The molecule has 0 radical (unpaired) electrons.